The van der Waals surface area contributed by atoms with Gasteiger partial charge in [0.05, 0.1) is 0 Å². The second-order valence-corrected chi connectivity index (χ2v) is 5.49. The topological polar surface area (TPSA) is 35.2 Å². The predicted molar refractivity (Wildman–Crippen MR) is 71.2 cm³/mol. The molecule has 5 heteroatoms. The van der Waals surface area contributed by atoms with Gasteiger partial charge in [-0.3, -0.25) is 0 Å². The van der Waals surface area contributed by atoms with Crippen molar-refractivity contribution >= 4 is 0 Å². The van der Waals surface area contributed by atoms with Gasteiger partial charge in [0.1, 0.15) is 5.75 Å². The molecule has 1 saturated carbocycles. The van der Waals surface area contributed by atoms with E-state index in [1.54, 1.807) is 12.1 Å². The summed E-state index contributed by atoms with van der Waals surface area (Å²) < 4.78 is 40.6. The van der Waals surface area contributed by atoms with Crippen LogP contribution in [0.25, 0.3) is 0 Å². The van der Waals surface area contributed by atoms with Crippen LogP contribution in [0.5, 0.6) is 5.75 Å². The average Bonchev–Trinajstić information content (AvgIpc) is 2.85. The number of hydrogen-bond donors (Lipinski definition) is 1. The summed E-state index contributed by atoms with van der Waals surface area (Å²) >= 11 is 0. The van der Waals surface area contributed by atoms with E-state index in [4.69, 9.17) is 5.73 Å². The molecule has 2 N–H and O–H groups in total. The van der Waals surface area contributed by atoms with E-state index < -0.39 is 6.36 Å². The van der Waals surface area contributed by atoms with Gasteiger partial charge in [-0.05, 0) is 42.4 Å². The molecule has 1 fully saturated rings. The molecule has 0 amide bonds. The maximum Gasteiger partial charge on any atom is 0.573 e. The molecule has 3 unspecified atom stereocenters. The fraction of sp³-hybridized carbons (Fsp3) is 0.600. The van der Waals surface area contributed by atoms with Crippen LogP contribution in [0.4, 0.5) is 13.2 Å². The third kappa shape index (κ3) is 3.88. The van der Waals surface area contributed by atoms with E-state index in [9.17, 15) is 13.2 Å². The fourth-order valence-corrected chi connectivity index (χ4v) is 3.00. The predicted octanol–water partition coefficient (Wildman–Crippen LogP) is 4.41. The first-order valence-electron chi connectivity index (χ1n) is 7.00. The molecule has 0 spiro atoms. The molecule has 3 atom stereocenters. The van der Waals surface area contributed by atoms with Crippen LogP contribution in [0.15, 0.2) is 24.3 Å². The van der Waals surface area contributed by atoms with Crippen LogP contribution in [-0.2, 0) is 0 Å². The Morgan fingerprint density at radius 2 is 2.10 bits per heavy atom. The van der Waals surface area contributed by atoms with Crippen molar-refractivity contribution in [1.82, 2.24) is 0 Å². The molecule has 0 bridgehead atoms. The first-order chi connectivity index (χ1) is 9.39. The van der Waals surface area contributed by atoms with Crippen molar-refractivity contribution in [2.24, 2.45) is 17.6 Å². The first kappa shape index (κ1) is 15.2. The molecule has 0 heterocycles. The monoisotopic (exact) mass is 287 g/mol. The Bertz CT molecular complexity index is 447. The fourth-order valence-electron chi connectivity index (χ4n) is 3.00. The highest BCUT2D eigenvalue weighted by molar-refractivity contribution is 5.31. The molecular formula is C15H20F3NO. The average molecular weight is 287 g/mol. The van der Waals surface area contributed by atoms with E-state index in [0.29, 0.717) is 17.4 Å². The number of hydrogen-bond acceptors (Lipinski definition) is 2. The largest absolute Gasteiger partial charge is 0.573 e. The number of alkyl halides is 3. The minimum absolute atomic E-state index is 0.199. The van der Waals surface area contributed by atoms with Crippen molar-refractivity contribution in [3.05, 3.63) is 29.8 Å². The quantitative estimate of drug-likeness (QED) is 0.890. The molecule has 0 aliphatic heterocycles. The second-order valence-electron chi connectivity index (χ2n) is 5.49. The van der Waals surface area contributed by atoms with Crippen LogP contribution < -0.4 is 10.5 Å². The first-order valence-corrected chi connectivity index (χ1v) is 7.00. The summed E-state index contributed by atoms with van der Waals surface area (Å²) in [5, 5.41) is 0. The van der Waals surface area contributed by atoms with Crippen LogP contribution in [0.1, 0.15) is 44.2 Å². The Balaban J connectivity index is 2.07. The van der Waals surface area contributed by atoms with Gasteiger partial charge in [-0.1, -0.05) is 31.9 Å². The normalized spacial score (nSPS) is 24.6. The third-order valence-corrected chi connectivity index (χ3v) is 4.14. The van der Waals surface area contributed by atoms with Crippen molar-refractivity contribution in [1.29, 1.82) is 0 Å². The van der Waals surface area contributed by atoms with Gasteiger partial charge in [0, 0.05) is 6.04 Å². The van der Waals surface area contributed by atoms with Gasteiger partial charge in [-0.25, -0.2) is 0 Å². The van der Waals surface area contributed by atoms with Gasteiger partial charge in [0.15, 0.2) is 0 Å². The Morgan fingerprint density at radius 1 is 1.35 bits per heavy atom. The maximum absolute atomic E-state index is 12.2. The number of benzene rings is 1. The second kappa shape index (κ2) is 6.04. The summed E-state index contributed by atoms with van der Waals surface area (Å²) in [4.78, 5) is 0. The lowest BCUT2D eigenvalue weighted by Crippen LogP contribution is -2.20. The van der Waals surface area contributed by atoms with E-state index in [1.165, 1.54) is 12.1 Å². The molecule has 2 nitrogen and oxygen atoms in total. The lowest BCUT2D eigenvalue weighted by molar-refractivity contribution is -0.274. The molecule has 1 aliphatic carbocycles. The SMILES string of the molecule is CCC1CCC(C(N)c2cccc(OC(F)(F)F)c2)C1. The van der Waals surface area contributed by atoms with Crippen molar-refractivity contribution < 1.29 is 17.9 Å². The molecule has 1 aromatic rings. The van der Waals surface area contributed by atoms with E-state index in [1.807, 2.05) is 0 Å². The van der Waals surface area contributed by atoms with Crippen LogP contribution in [0.3, 0.4) is 0 Å². The molecule has 2 rings (SSSR count). The Morgan fingerprint density at radius 3 is 2.70 bits per heavy atom. The van der Waals surface area contributed by atoms with Crippen molar-refractivity contribution in [3.63, 3.8) is 0 Å². The van der Waals surface area contributed by atoms with Gasteiger partial charge in [0.25, 0.3) is 0 Å². The van der Waals surface area contributed by atoms with Crippen LogP contribution in [-0.4, -0.2) is 6.36 Å². The van der Waals surface area contributed by atoms with Crippen LogP contribution in [0.2, 0.25) is 0 Å². The Hall–Kier alpha value is -1.23. The van der Waals surface area contributed by atoms with Crippen LogP contribution in [0, 0.1) is 11.8 Å². The van der Waals surface area contributed by atoms with Gasteiger partial charge in [-0.15, -0.1) is 13.2 Å². The summed E-state index contributed by atoms with van der Waals surface area (Å²) in [6.07, 6.45) is -0.260. The minimum atomic E-state index is -4.66. The Labute approximate surface area is 117 Å². The summed E-state index contributed by atoms with van der Waals surface area (Å²) in [5.74, 6) is 0.845. The van der Waals surface area contributed by atoms with E-state index in [-0.39, 0.29) is 11.8 Å². The summed E-state index contributed by atoms with van der Waals surface area (Å²) in [6, 6.07) is 5.81. The van der Waals surface area contributed by atoms with Crippen molar-refractivity contribution in [2.45, 2.75) is 45.0 Å². The maximum atomic E-state index is 12.2. The number of nitrogens with two attached hydrogens (primary N) is 1. The zero-order valence-electron chi connectivity index (χ0n) is 11.5. The van der Waals surface area contributed by atoms with Gasteiger partial charge in [0.2, 0.25) is 0 Å². The molecule has 20 heavy (non-hydrogen) atoms. The third-order valence-electron chi connectivity index (χ3n) is 4.14. The zero-order chi connectivity index (χ0) is 14.8. The zero-order valence-corrected chi connectivity index (χ0v) is 11.5. The molecule has 112 valence electrons. The summed E-state index contributed by atoms with van der Waals surface area (Å²) in [5.41, 5.74) is 6.93. The lowest BCUT2D eigenvalue weighted by Gasteiger charge is -2.20. The molecular weight excluding hydrogens is 267 g/mol. The highest BCUT2D eigenvalue weighted by atomic mass is 19.4. The Kier molecular flexibility index (Phi) is 4.58. The van der Waals surface area contributed by atoms with Crippen molar-refractivity contribution in [2.75, 3.05) is 0 Å². The van der Waals surface area contributed by atoms with E-state index in [0.717, 1.165) is 25.7 Å². The molecule has 0 aromatic heterocycles. The molecule has 0 saturated heterocycles. The highest BCUT2D eigenvalue weighted by Gasteiger charge is 2.32. The minimum Gasteiger partial charge on any atom is -0.406 e. The highest BCUT2D eigenvalue weighted by Crippen LogP contribution is 2.39. The molecule has 1 aromatic carbocycles. The van der Waals surface area contributed by atoms with Gasteiger partial charge in [-0.2, -0.15) is 0 Å². The standard InChI is InChI=1S/C15H20F3NO/c1-2-10-6-7-12(8-10)14(19)11-4-3-5-13(9-11)20-15(16,17)18/h3-5,9-10,12,14H,2,6-8,19H2,1H3. The summed E-state index contributed by atoms with van der Waals surface area (Å²) in [7, 11) is 0. The smallest absolute Gasteiger partial charge is 0.406 e. The van der Waals surface area contributed by atoms with Gasteiger partial charge >= 0.3 is 6.36 Å². The van der Waals surface area contributed by atoms with E-state index in [2.05, 4.69) is 11.7 Å². The van der Waals surface area contributed by atoms with E-state index >= 15 is 0 Å². The molecule has 0 radical (unpaired) electrons. The number of ether oxygens (including phenoxy) is 1. The van der Waals surface area contributed by atoms with Crippen molar-refractivity contribution in [3.8, 4) is 5.75 Å². The molecule has 1 aliphatic rings. The number of rotatable bonds is 4. The lowest BCUT2D eigenvalue weighted by atomic mass is 9.91. The summed E-state index contributed by atoms with van der Waals surface area (Å²) in [6.45, 7) is 2.16. The van der Waals surface area contributed by atoms with Crippen LogP contribution >= 0.6 is 0 Å². The number of halogens is 3. The van der Waals surface area contributed by atoms with Gasteiger partial charge < -0.3 is 10.5 Å².